The lowest BCUT2D eigenvalue weighted by Crippen LogP contribution is -2.26. The van der Waals surface area contributed by atoms with Crippen LogP contribution in [0, 0.1) is 0 Å². The van der Waals surface area contributed by atoms with Gasteiger partial charge in [-0.25, -0.2) is 0 Å². The highest BCUT2D eigenvalue weighted by molar-refractivity contribution is 5.75. The Morgan fingerprint density at radius 2 is 2.13 bits per heavy atom. The van der Waals surface area contributed by atoms with Crippen molar-refractivity contribution in [3.8, 4) is 0 Å². The number of carbonyl (C=O) groups excluding carboxylic acids is 1. The largest absolute Gasteiger partial charge is 0.343 e. The second kappa shape index (κ2) is 4.13. The van der Waals surface area contributed by atoms with E-state index in [9.17, 15) is 4.79 Å². The average molecular weight is 206 g/mol. The van der Waals surface area contributed by atoms with Crippen LogP contribution in [-0.4, -0.2) is 19.5 Å². The Balaban J connectivity index is 2.37. The molecule has 1 saturated heterocycles. The van der Waals surface area contributed by atoms with E-state index in [1.807, 2.05) is 25.1 Å². The molecule has 80 valence electrons. The van der Waals surface area contributed by atoms with E-state index < -0.39 is 5.79 Å². The third-order valence-electron chi connectivity index (χ3n) is 2.68. The highest BCUT2D eigenvalue weighted by atomic mass is 16.7. The van der Waals surface area contributed by atoms with Gasteiger partial charge in [-0.15, -0.1) is 0 Å². The maximum Gasteiger partial charge on any atom is 0.194 e. The molecule has 0 unspecified atom stereocenters. The Morgan fingerprint density at radius 1 is 1.40 bits per heavy atom. The van der Waals surface area contributed by atoms with Crippen LogP contribution < -0.4 is 0 Å². The summed E-state index contributed by atoms with van der Waals surface area (Å²) in [5, 5.41) is 0. The van der Waals surface area contributed by atoms with Gasteiger partial charge in [0.15, 0.2) is 5.79 Å². The first-order valence-electron chi connectivity index (χ1n) is 5.14. The van der Waals surface area contributed by atoms with E-state index in [2.05, 4.69) is 0 Å². The number of rotatable bonds is 3. The van der Waals surface area contributed by atoms with Crippen LogP contribution in [0.3, 0.4) is 0 Å². The molecule has 0 saturated carbocycles. The monoisotopic (exact) mass is 206 g/mol. The quantitative estimate of drug-likeness (QED) is 0.710. The molecule has 1 aromatic rings. The molecule has 15 heavy (non-hydrogen) atoms. The number of carbonyl (C=O) groups is 1. The minimum Gasteiger partial charge on any atom is -0.343 e. The number of hydrogen-bond acceptors (Lipinski definition) is 3. The van der Waals surface area contributed by atoms with Gasteiger partial charge in [-0.2, -0.15) is 0 Å². The van der Waals surface area contributed by atoms with Crippen molar-refractivity contribution in [2.45, 2.75) is 19.1 Å². The Morgan fingerprint density at radius 3 is 2.73 bits per heavy atom. The lowest BCUT2D eigenvalue weighted by molar-refractivity contribution is -0.167. The van der Waals surface area contributed by atoms with Crippen LogP contribution in [0.2, 0.25) is 0 Å². The van der Waals surface area contributed by atoms with Crippen LogP contribution in [0.1, 0.15) is 29.3 Å². The summed E-state index contributed by atoms with van der Waals surface area (Å²) in [4.78, 5) is 10.7. The molecule has 0 atom stereocenters. The number of aldehydes is 1. The van der Waals surface area contributed by atoms with Gasteiger partial charge in [0, 0.05) is 17.5 Å². The molecule has 1 aromatic carbocycles. The average Bonchev–Trinajstić information content (AvgIpc) is 2.79. The summed E-state index contributed by atoms with van der Waals surface area (Å²) >= 11 is 0. The van der Waals surface area contributed by atoms with Crippen molar-refractivity contribution in [3.63, 3.8) is 0 Å². The van der Waals surface area contributed by atoms with Gasteiger partial charge >= 0.3 is 0 Å². The van der Waals surface area contributed by atoms with Crippen molar-refractivity contribution in [1.82, 2.24) is 0 Å². The minimum absolute atomic E-state index is 0.610. The molecule has 1 aliphatic rings. The zero-order valence-electron chi connectivity index (χ0n) is 8.73. The topological polar surface area (TPSA) is 35.5 Å². The summed E-state index contributed by atoms with van der Waals surface area (Å²) in [7, 11) is 0. The molecule has 1 heterocycles. The lowest BCUT2D eigenvalue weighted by Gasteiger charge is -2.26. The van der Waals surface area contributed by atoms with Gasteiger partial charge in [-0.05, 0) is 6.07 Å². The van der Waals surface area contributed by atoms with Crippen LogP contribution in [-0.2, 0) is 15.3 Å². The Hall–Kier alpha value is -1.19. The van der Waals surface area contributed by atoms with Gasteiger partial charge in [0.1, 0.15) is 6.29 Å². The Labute approximate surface area is 89.0 Å². The molecule has 1 fully saturated rings. The van der Waals surface area contributed by atoms with E-state index in [0.717, 1.165) is 18.3 Å². The standard InChI is InChI=1S/C12H14O3/c1-2-12(14-6-7-15-12)11-5-3-4-10(8-11)9-13/h3-5,8-9H,2,6-7H2,1H3. The van der Waals surface area contributed by atoms with E-state index >= 15 is 0 Å². The molecule has 0 amide bonds. The zero-order chi connectivity index (χ0) is 10.7. The molecule has 0 aromatic heterocycles. The van der Waals surface area contributed by atoms with E-state index in [1.165, 1.54) is 0 Å². The van der Waals surface area contributed by atoms with E-state index in [-0.39, 0.29) is 0 Å². The molecule has 0 radical (unpaired) electrons. The molecule has 0 bridgehead atoms. The molecular formula is C12H14O3. The van der Waals surface area contributed by atoms with Crippen LogP contribution in [0.4, 0.5) is 0 Å². The highest BCUT2D eigenvalue weighted by Gasteiger charge is 2.36. The van der Waals surface area contributed by atoms with Gasteiger partial charge < -0.3 is 9.47 Å². The smallest absolute Gasteiger partial charge is 0.194 e. The fourth-order valence-corrected chi connectivity index (χ4v) is 1.88. The molecule has 0 N–H and O–H groups in total. The van der Waals surface area contributed by atoms with Crippen molar-refractivity contribution in [3.05, 3.63) is 35.4 Å². The van der Waals surface area contributed by atoms with Gasteiger partial charge in [0.05, 0.1) is 13.2 Å². The molecule has 0 aliphatic carbocycles. The summed E-state index contributed by atoms with van der Waals surface area (Å²) in [6.07, 6.45) is 1.58. The van der Waals surface area contributed by atoms with Crippen molar-refractivity contribution < 1.29 is 14.3 Å². The molecule has 0 spiro atoms. The van der Waals surface area contributed by atoms with Gasteiger partial charge in [-0.3, -0.25) is 4.79 Å². The van der Waals surface area contributed by atoms with Crippen molar-refractivity contribution >= 4 is 6.29 Å². The van der Waals surface area contributed by atoms with E-state index in [4.69, 9.17) is 9.47 Å². The third kappa shape index (κ3) is 1.80. The molecule has 3 nitrogen and oxygen atoms in total. The fraction of sp³-hybridized carbons (Fsp3) is 0.417. The summed E-state index contributed by atoms with van der Waals surface area (Å²) in [6.45, 7) is 3.23. The minimum atomic E-state index is -0.640. The molecular weight excluding hydrogens is 192 g/mol. The lowest BCUT2D eigenvalue weighted by atomic mass is 10.0. The van der Waals surface area contributed by atoms with E-state index in [1.54, 1.807) is 6.07 Å². The predicted molar refractivity (Wildman–Crippen MR) is 55.7 cm³/mol. The first kappa shape index (κ1) is 10.3. The van der Waals surface area contributed by atoms with Crippen molar-refractivity contribution in [2.24, 2.45) is 0 Å². The molecule has 3 heteroatoms. The van der Waals surface area contributed by atoms with Crippen LogP contribution in [0.15, 0.2) is 24.3 Å². The SMILES string of the molecule is CCC1(c2cccc(C=O)c2)OCCO1. The first-order chi connectivity index (χ1) is 7.30. The second-order valence-corrected chi connectivity index (χ2v) is 3.55. The van der Waals surface area contributed by atoms with Crippen LogP contribution >= 0.6 is 0 Å². The summed E-state index contributed by atoms with van der Waals surface area (Å²) in [5.74, 6) is -0.640. The Bertz CT molecular complexity index is 354. The second-order valence-electron chi connectivity index (χ2n) is 3.55. The van der Waals surface area contributed by atoms with Crippen molar-refractivity contribution in [2.75, 3.05) is 13.2 Å². The van der Waals surface area contributed by atoms with Crippen molar-refractivity contribution in [1.29, 1.82) is 0 Å². The maximum absolute atomic E-state index is 10.7. The summed E-state index contributed by atoms with van der Waals surface area (Å²) < 4.78 is 11.3. The normalized spacial score (nSPS) is 19.0. The fourth-order valence-electron chi connectivity index (χ4n) is 1.88. The third-order valence-corrected chi connectivity index (χ3v) is 2.68. The number of ether oxygens (including phenoxy) is 2. The van der Waals surface area contributed by atoms with Crippen LogP contribution in [0.5, 0.6) is 0 Å². The summed E-state index contributed by atoms with van der Waals surface area (Å²) in [6, 6.07) is 7.37. The Kier molecular flexibility index (Phi) is 2.84. The van der Waals surface area contributed by atoms with Gasteiger partial charge in [0.25, 0.3) is 0 Å². The van der Waals surface area contributed by atoms with E-state index in [0.29, 0.717) is 18.8 Å². The van der Waals surface area contributed by atoms with Gasteiger partial charge in [0.2, 0.25) is 0 Å². The maximum atomic E-state index is 10.7. The first-order valence-corrected chi connectivity index (χ1v) is 5.14. The molecule has 1 aliphatic heterocycles. The van der Waals surface area contributed by atoms with Gasteiger partial charge in [-0.1, -0.05) is 25.1 Å². The van der Waals surface area contributed by atoms with Crippen LogP contribution in [0.25, 0.3) is 0 Å². The zero-order valence-corrected chi connectivity index (χ0v) is 8.73. The molecule has 2 rings (SSSR count). The number of benzene rings is 1. The summed E-state index contributed by atoms with van der Waals surface area (Å²) in [5.41, 5.74) is 1.58. The highest BCUT2D eigenvalue weighted by Crippen LogP contribution is 2.34. The number of hydrogen-bond donors (Lipinski definition) is 0. The predicted octanol–water partition coefficient (Wildman–Crippen LogP) is 2.11.